The first kappa shape index (κ1) is 14.8. The fourth-order valence-electron chi connectivity index (χ4n) is 3.16. The van der Waals surface area contributed by atoms with Crippen LogP contribution in [0.5, 0.6) is 0 Å². The Balaban J connectivity index is 2.06. The highest BCUT2D eigenvalue weighted by atomic mass is 32.2. The molecular formula is C13H24N2O3S. The van der Waals surface area contributed by atoms with Gasteiger partial charge in [0.1, 0.15) is 6.04 Å². The molecule has 1 aliphatic heterocycles. The van der Waals surface area contributed by atoms with E-state index in [2.05, 4.69) is 5.32 Å². The maximum atomic E-state index is 12.5. The summed E-state index contributed by atoms with van der Waals surface area (Å²) in [4.78, 5) is 11.8. The lowest BCUT2D eigenvalue weighted by Gasteiger charge is -2.34. The number of nitrogens with zero attached hydrogens (tertiary/aromatic N) is 1. The van der Waals surface area contributed by atoms with Crippen LogP contribution < -0.4 is 5.32 Å². The molecule has 1 amide bonds. The van der Waals surface area contributed by atoms with Gasteiger partial charge in [0, 0.05) is 13.1 Å². The van der Waals surface area contributed by atoms with Crippen molar-refractivity contribution in [2.24, 2.45) is 5.92 Å². The van der Waals surface area contributed by atoms with E-state index < -0.39 is 16.1 Å². The predicted octanol–water partition coefficient (Wildman–Crippen LogP) is 1.11. The van der Waals surface area contributed by atoms with Gasteiger partial charge in [0.2, 0.25) is 15.9 Å². The van der Waals surface area contributed by atoms with Gasteiger partial charge in [-0.15, -0.1) is 0 Å². The number of piperazine rings is 1. The Morgan fingerprint density at radius 2 is 1.95 bits per heavy atom. The number of carbonyl (C=O) groups excluding carboxylic acids is 1. The van der Waals surface area contributed by atoms with E-state index in [-0.39, 0.29) is 17.6 Å². The van der Waals surface area contributed by atoms with Crippen LogP contribution in [0.1, 0.15) is 45.4 Å². The topological polar surface area (TPSA) is 66.5 Å². The highest BCUT2D eigenvalue weighted by Crippen LogP contribution is 2.27. The molecule has 0 aromatic heterocycles. The summed E-state index contributed by atoms with van der Waals surface area (Å²) >= 11 is 0. The monoisotopic (exact) mass is 288 g/mol. The molecule has 19 heavy (non-hydrogen) atoms. The predicted molar refractivity (Wildman–Crippen MR) is 74.2 cm³/mol. The molecule has 0 bridgehead atoms. The van der Waals surface area contributed by atoms with Crippen LogP contribution in [0.4, 0.5) is 0 Å². The zero-order valence-corrected chi connectivity index (χ0v) is 12.4. The molecule has 0 aromatic carbocycles. The van der Waals surface area contributed by atoms with Crippen molar-refractivity contribution in [3.8, 4) is 0 Å². The van der Waals surface area contributed by atoms with Crippen molar-refractivity contribution < 1.29 is 13.2 Å². The third kappa shape index (κ3) is 3.48. The van der Waals surface area contributed by atoms with E-state index in [1.54, 1.807) is 0 Å². The molecule has 1 N–H and O–H groups in total. The molecule has 0 aromatic rings. The van der Waals surface area contributed by atoms with Gasteiger partial charge in [-0.2, -0.15) is 4.31 Å². The van der Waals surface area contributed by atoms with E-state index in [1.165, 1.54) is 10.7 Å². The van der Waals surface area contributed by atoms with Crippen LogP contribution >= 0.6 is 0 Å². The average Bonchev–Trinajstić information content (AvgIpc) is 2.39. The van der Waals surface area contributed by atoms with E-state index in [0.717, 1.165) is 25.7 Å². The van der Waals surface area contributed by atoms with Gasteiger partial charge in [0.05, 0.1) is 5.75 Å². The summed E-state index contributed by atoms with van der Waals surface area (Å²) in [5.41, 5.74) is 0. The number of nitrogens with one attached hydrogen (secondary N) is 1. The second-order valence-electron chi connectivity index (χ2n) is 5.61. The van der Waals surface area contributed by atoms with Crippen LogP contribution in [-0.4, -0.2) is 43.5 Å². The minimum Gasteiger partial charge on any atom is -0.353 e. The Morgan fingerprint density at radius 1 is 1.26 bits per heavy atom. The van der Waals surface area contributed by atoms with Crippen molar-refractivity contribution in [2.45, 2.75) is 51.5 Å². The lowest BCUT2D eigenvalue weighted by Crippen LogP contribution is -2.57. The second-order valence-corrected chi connectivity index (χ2v) is 7.57. The van der Waals surface area contributed by atoms with Crippen LogP contribution in [0.15, 0.2) is 0 Å². The molecule has 1 atom stereocenters. The minimum absolute atomic E-state index is 0.152. The van der Waals surface area contributed by atoms with Crippen molar-refractivity contribution in [3.05, 3.63) is 0 Å². The maximum absolute atomic E-state index is 12.5. The highest BCUT2D eigenvalue weighted by molar-refractivity contribution is 7.89. The van der Waals surface area contributed by atoms with Gasteiger partial charge in [-0.1, -0.05) is 26.2 Å². The first-order chi connectivity index (χ1) is 9.04. The van der Waals surface area contributed by atoms with Crippen molar-refractivity contribution >= 4 is 15.9 Å². The zero-order valence-electron chi connectivity index (χ0n) is 11.6. The summed E-state index contributed by atoms with van der Waals surface area (Å²) in [6.45, 7) is 2.71. The first-order valence-corrected chi connectivity index (χ1v) is 8.92. The van der Waals surface area contributed by atoms with Crippen molar-refractivity contribution in [1.82, 2.24) is 9.62 Å². The molecule has 5 nitrogen and oxygen atoms in total. The van der Waals surface area contributed by atoms with E-state index in [4.69, 9.17) is 0 Å². The van der Waals surface area contributed by atoms with Crippen molar-refractivity contribution in [2.75, 3.05) is 18.8 Å². The molecule has 1 unspecified atom stereocenters. The molecule has 1 heterocycles. The smallest absolute Gasteiger partial charge is 0.238 e. The van der Waals surface area contributed by atoms with Gasteiger partial charge >= 0.3 is 0 Å². The summed E-state index contributed by atoms with van der Waals surface area (Å²) < 4.78 is 26.5. The average molecular weight is 288 g/mol. The maximum Gasteiger partial charge on any atom is 0.238 e. The molecule has 0 radical (unpaired) electrons. The van der Waals surface area contributed by atoms with Gasteiger partial charge in [0.15, 0.2) is 0 Å². The number of rotatable bonds is 4. The molecule has 1 aliphatic carbocycles. The third-order valence-electron chi connectivity index (χ3n) is 4.20. The quantitative estimate of drug-likeness (QED) is 0.842. The molecule has 2 rings (SSSR count). The summed E-state index contributed by atoms with van der Waals surface area (Å²) in [5, 5.41) is 2.74. The van der Waals surface area contributed by atoms with Gasteiger partial charge in [-0.25, -0.2) is 8.42 Å². The Hall–Kier alpha value is -0.620. The SMILES string of the molecule is CCC1C(=O)NCCN1S(=O)(=O)CC1CCCCC1. The fraction of sp³-hybridized carbons (Fsp3) is 0.923. The van der Waals surface area contributed by atoms with Crippen molar-refractivity contribution in [3.63, 3.8) is 0 Å². The van der Waals surface area contributed by atoms with Gasteiger partial charge < -0.3 is 5.32 Å². The largest absolute Gasteiger partial charge is 0.353 e. The number of amides is 1. The Bertz CT molecular complexity index is 416. The summed E-state index contributed by atoms with van der Waals surface area (Å²) in [7, 11) is -3.30. The van der Waals surface area contributed by atoms with Crippen LogP contribution in [0.3, 0.4) is 0 Å². The van der Waals surface area contributed by atoms with Crippen LogP contribution in [0.25, 0.3) is 0 Å². The molecule has 0 spiro atoms. The van der Waals surface area contributed by atoms with E-state index >= 15 is 0 Å². The highest BCUT2D eigenvalue weighted by Gasteiger charge is 2.37. The number of carbonyl (C=O) groups is 1. The summed E-state index contributed by atoms with van der Waals surface area (Å²) in [6, 6.07) is -0.512. The normalized spacial score (nSPS) is 27.2. The molecule has 1 saturated carbocycles. The number of hydrogen-bond donors (Lipinski definition) is 1. The molecule has 1 saturated heterocycles. The lowest BCUT2D eigenvalue weighted by atomic mass is 9.91. The van der Waals surface area contributed by atoms with E-state index in [1.807, 2.05) is 6.92 Å². The second kappa shape index (κ2) is 6.22. The Kier molecular flexibility index (Phi) is 4.84. The minimum atomic E-state index is -3.30. The zero-order chi connectivity index (χ0) is 13.9. The van der Waals surface area contributed by atoms with Crippen LogP contribution in [-0.2, 0) is 14.8 Å². The van der Waals surface area contributed by atoms with Gasteiger partial charge in [0.25, 0.3) is 0 Å². The third-order valence-corrected chi connectivity index (χ3v) is 6.24. The first-order valence-electron chi connectivity index (χ1n) is 7.32. The Morgan fingerprint density at radius 3 is 2.58 bits per heavy atom. The van der Waals surface area contributed by atoms with Gasteiger partial charge in [-0.3, -0.25) is 4.79 Å². The van der Waals surface area contributed by atoms with Crippen molar-refractivity contribution in [1.29, 1.82) is 0 Å². The summed E-state index contributed by atoms with van der Waals surface area (Å²) in [5.74, 6) is 0.346. The lowest BCUT2D eigenvalue weighted by molar-refractivity contribution is -0.126. The standard InChI is InChI=1S/C13H24N2O3S/c1-2-12-13(16)14-8-9-15(12)19(17,18)10-11-6-4-3-5-7-11/h11-12H,2-10H2,1H3,(H,14,16). The van der Waals surface area contributed by atoms with Crippen LogP contribution in [0.2, 0.25) is 0 Å². The van der Waals surface area contributed by atoms with Gasteiger partial charge in [-0.05, 0) is 25.2 Å². The Labute approximate surface area is 115 Å². The summed E-state index contributed by atoms with van der Waals surface area (Å²) in [6.07, 6.45) is 6.05. The fourth-order valence-corrected chi connectivity index (χ4v) is 5.29. The molecular weight excluding hydrogens is 264 g/mol. The van der Waals surface area contributed by atoms with Crippen LogP contribution in [0, 0.1) is 5.92 Å². The van der Waals surface area contributed by atoms with E-state index in [0.29, 0.717) is 19.5 Å². The molecule has 6 heteroatoms. The molecule has 110 valence electrons. The number of hydrogen-bond acceptors (Lipinski definition) is 3. The number of sulfonamides is 1. The van der Waals surface area contributed by atoms with E-state index in [9.17, 15) is 13.2 Å². The molecule has 2 fully saturated rings. The molecule has 2 aliphatic rings.